The highest BCUT2D eigenvalue weighted by Crippen LogP contribution is 2.42. The molecule has 2 heterocycles. The van der Waals surface area contributed by atoms with Gasteiger partial charge in [0.25, 0.3) is 0 Å². The van der Waals surface area contributed by atoms with Gasteiger partial charge < -0.3 is 14.8 Å². The highest BCUT2D eigenvalue weighted by Gasteiger charge is 2.49. The summed E-state index contributed by atoms with van der Waals surface area (Å²) in [4.78, 5) is 0. The Labute approximate surface area is 108 Å². The number of nitrogens with one attached hydrogen (secondary N) is 1. The Bertz CT molecular complexity index is 436. The molecule has 0 unspecified atom stereocenters. The molecule has 3 heteroatoms. The highest BCUT2D eigenvalue weighted by atomic mass is 16.5. The molecule has 1 N–H and O–H groups in total. The van der Waals surface area contributed by atoms with E-state index in [1.165, 1.54) is 11.1 Å². The van der Waals surface area contributed by atoms with E-state index >= 15 is 0 Å². The fourth-order valence-electron chi connectivity index (χ4n) is 2.92. The standard InChI is InChI=1S/C15H21NO2/c1-3-18-14-5-4-12(6-11(14)2)15(9-17-10-15)13-7-16-8-13/h4-6,13,16H,3,7-10H2,1-2H3. The molecule has 2 aliphatic heterocycles. The molecular formula is C15H21NO2. The number of aryl methyl sites for hydroxylation is 1. The van der Waals surface area contributed by atoms with Crippen molar-refractivity contribution in [1.29, 1.82) is 0 Å². The van der Waals surface area contributed by atoms with Crippen LogP contribution < -0.4 is 10.1 Å². The van der Waals surface area contributed by atoms with Gasteiger partial charge in [0, 0.05) is 18.5 Å². The highest BCUT2D eigenvalue weighted by molar-refractivity contribution is 5.41. The smallest absolute Gasteiger partial charge is 0.122 e. The van der Waals surface area contributed by atoms with Crippen LogP contribution in [-0.2, 0) is 10.2 Å². The molecule has 3 nitrogen and oxygen atoms in total. The summed E-state index contributed by atoms with van der Waals surface area (Å²) in [6, 6.07) is 6.62. The van der Waals surface area contributed by atoms with E-state index in [1.807, 2.05) is 6.92 Å². The fourth-order valence-corrected chi connectivity index (χ4v) is 2.92. The molecule has 2 saturated heterocycles. The number of hydrogen-bond donors (Lipinski definition) is 1. The van der Waals surface area contributed by atoms with Crippen LogP contribution in [0.1, 0.15) is 18.1 Å². The molecule has 1 aromatic rings. The summed E-state index contributed by atoms with van der Waals surface area (Å²) in [5, 5.41) is 3.37. The van der Waals surface area contributed by atoms with Crippen LogP contribution in [0.2, 0.25) is 0 Å². The number of hydrogen-bond acceptors (Lipinski definition) is 3. The first kappa shape index (κ1) is 12.0. The SMILES string of the molecule is CCOc1ccc(C2(C3CNC3)COC2)cc1C. The van der Waals surface area contributed by atoms with Crippen LogP contribution >= 0.6 is 0 Å². The van der Waals surface area contributed by atoms with Crippen LogP contribution in [0.4, 0.5) is 0 Å². The molecule has 0 atom stereocenters. The maximum Gasteiger partial charge on any atom is 0.122 e. The Morgan fingerprint density at radius 1 is 1.39 bits per heavy atom. The molecular weight excluding hydrogens is 226 g/mol. The fraction of sp³-hybridized carbons (Fsp3) is 0.600. The van der Waals surface area contributed by atoms with Gasteiger partial charge in [-0.25, -0.2) is 0 Å². The lowest BCUT2D eigenvalue weighted by Crippen LogP contribution is -2.62. The summed E-state index contributed by atoms with van der Waals surface area (Å²) in [5.74, 6) is 1.73. The second-order valence-electron chi connectivity index (χ2n) is 5.42. The topological polar surface area (TPSA) is 30.5 Å². The van der Waals surface area contributed by atoms with Gasteiger partial charge in [0.2, 0.25) is 0 Å². The molecule has 0 aromatic heterocycles. The first-order chi connectivity index (χ1) is 8.76. The number of ether oxygens (including phenoxy) is 2. The van der Waals surface area contributed by atoms with Crippen molar-refractivity contribution < 1.29 is 9.47 Å². The van der Waals surface area contributed by atoms with Crippen molar-refractivity contribution in [1.82, 2.24) is 5.32 Å². The predicted molar refractivity (Wildman–Crippen MR) is 71.2 cm³/mol. The Morgan fingerprint density at radius 3 is 2.61 bits per heavy atom. The molecule has 1 aromatic carbocycles. The number of rotatable bonds is 4. The monoisotopic (exact) mass is 247 g/mol. The molecule has 0 spiro atoms. The maximum absolute atomic E-state index is 5.61. The minimum Gasteiger partial charge on any atom is -0.494 e. The van der Waals surface area contributed by atoms with Crippen LogP contribution in [0, 0.1) is 12.8 Å². The second-order valence-corrected chi connectivity index (χ2v) is 5.42. The second kappa shape index (κ2) is 4.56. The van der Waals surface area contributed by atoms with Crippen molar-refractivity contribution in [3.63, 3.8) is 0 Å². The quantitative estimate of drug-likeness (QED) is 0.881. The van der Waals surface area contributed by atoms with Gasteiger partial charge in [0.15, 0.2) is 0 Å². The zero-order valence-electron chi connectivity index (χ0n) is 11.2. The third-order valence-electron chi connectivity index (χ3n) is 4.33. The summed E-state index contributed by atoms with van der Waals surface area (Å²) in [5.41, 5.74) is 2.90. The lowest BCUT2D eigenvalue weighted by molar-refractivity contribution is -0.101. The van der Waals surface area contributed by atoms with Crippen molar-refractivity contribution in [2.75, 3.05) is 32.9 Å². The number of benzene rings is 1. The molecule has 2 aliphatic rings. The minimum atomic E-state index is 0.251. The van der Waals surface area contributed by atoms with Crippen molar-refractivity contribution in [3.8, 4) is 5.75 Å². The van der Waals surface area contributed by atoms with Crippen LogP contribution in [-0.4, -0.2) is 32.9 Å². The Balaban J connectivity index is 1.88. The zero-order chi connectivity index (χ0) is 12.6. The summed E-state index contributed by atoms with van der Waals surface area (Å²) < 4.78 is 11.1. The van der Waals surface area contributed by atoms with Gasteiger partial charge in [-0.3, -0.25) is 0 Å². The molecule has 98 valence electrons. The Hall–Kier alpha value is -1.06. The van der Waals surface area contributed by atoms with E-state index in [1.54, 1.807) is 0 Å². The van der Waals surface area contributed by atoms with E-state index in [4.69, 9.17) is 9.47 Å². The van der Waals surface area contributed by atoms with E-state index in [0.29, 0.717) is 0 Å². The molecule has 0 amide bonds. The Morgan fingerprint density at radius 2 is 2.17 bits per heavy atom. The maximum atomic E-state index is 5.61. The van der Waals surface area contributed by atoms with Crippen molar-refractivity contribution in [2.45, 2.75) is 19.3 Å². The zero-order valence-corrected chi connectivity index (χ0v) is 11.2. The van der Waals surface area contributed by atoms with E-state index in [0.717, 1.165) is 44.6 Å². The lowest BCUT2D eigenvalue weighted by atomic mass is 9.66. The van der Waals surface area contributed by atoms with Crippen molar-refractivity contribution in [2.24, 2.45) is 5.92 Å². The van der Waals surface area contributed by atoms with Gasteiger partial charge in [-0.15, -0.1) is 0 Å². The summed E-state index contributed by atoms with van der Waals surface area (Å²) >= 11 is 0. The van der Waals surface area contributed by atoms with Crippen LogP contribution in [0.5, 0.6) is 5.75 Å². The van der Waals surface area contributed by atoms with E-state index < -0.39 is 0 Å². The van der Waals surface area contributed by atoms with Gasteiger partial charge in [0.05, 0.1) is 19.8 Å². The normalized spacial score (nSPS) is 22.1. The molecule has 2 fully saturated rings. The van der Waals surface area contributed by atoms with E-state index in [-0.39, 0.29) is 5.41 Å². The molecule has 0 bridgehead atoms. The van der Waals surface area contributed by atoms with Crippen molar-refractivity contribution in [3.05, 3.63) is 29.3 Å². The van der Waals surface area contributed by atoms with Crippen LogP contribution in [0.25, 0.3) is 0 Å². The van der Waals surface area contributed by atoms with E-state index in [2.05, 4.69) is 30.4 Å². The van der Waals surface area contributed by atoms with Crippen LogP contribution in [0.3, 0.4) is 0 Å². The predicted octanol–water partition coefficient (Wildman–Crippen LogP) is 1.88. The molecule has 0 saturated carbocycles. The van der Waals surface area contributed by atoms with E-state index in [9.17, 15) is 0 Å². The van der Waals surface area contributed by atoms with Gasteiger partial charge in [-0.2, -0.15) is 0 Å². The molecule has 0 aliphatic carbocycles. The molecule has 18 heavy (non-hydrogen) atoms. The van der Waals surface area contributed by atoms with Gasteiger partial charge in [-0.1, -0.05) is 12.1 Å². The van der Waals surface area contributed by atoms with Crippen LogP contribution in [0.15, 0.2) is 18.2 Å². The average Bonchev–Trinajstić information content (AvgIpc) is 2.24. The third-order valence-corrected chi connectivity index (χ3v) is 4.33. The van der Waals surface area contributed by atoms with Gasteiger partial charge in [0.1, 0.15) is 5.75 Å². The third kappa shape index (κ3) is 1.73. The first-order valence-electron chi connectivity index (χ1n) is 6.78. The molecule has 0 radical (unpaired) electrons. The largest absolute Gasteiger partial charge is 0.494 e. The summed E-state index contributed by atoms with van der Waals surface area (Å²) in [6.07, 6.45) is 0. The lowest BCUT2D eigenvalue weighted by Gasteiger charge is -2.51. The van der Waals surface area contributed by atoms with Crippen molar-refractivity contribution >= 4 is 0 Å². The Kier molecular flexibility index (Phi) is 3.04. The average molecular weight is 247 g/mol. The van der Waals surface area contributed by atoms with Gasteiger partial charge in [-0.05, 0) is 37.0 Å². The molecule has 3 rings (SSSR count). The summed E-state index contributed by atoms with van der Waals surface area (Å²) in [6.45, 7) is 8.85. The summed E-state index contributed by atoms with van der Waals surface area (Å²) in [7, 11) is 0. The first-order valence-corrected chi connectivity index (χ1v) is 6.78. The minimum absolute atomic E-state index is 0.251. The van der Waals surface area contributed by atoms with Gasteiger partial charge >= 0.3 is 0 Å².